The lowest BCUT2D eigenvalue weighted by atomic mass is 10.1. The van der Waals surface area contributed by atoms with Gasteiger partial charge in [-0.1, -0.05) is 0 Å². The van der Waals surface area contributed by atoms with Gasteiger partial charge in [-0.2, -0.15) is 5.10 Å². The lowest BCUT2D eigenvalue weighted by Gasteiger charge is -2.09. The van der Waals surface area contributed by atoms with Crippen LogP contribution in [0.5, 0.6) is 0 Å². The van der Waals surface area contributed by atoms with E-state index in [2.05, 4.69) is 10.4 Å². The molecule has 0 aliphatic rings. The number of anilines is 2. The molecule has 0 saturated carbocycles. The van der Waals surface area contributed by atoms with Crippen molar-refractivity contribution in [3.05, 3.63) is 41.7 Å². The van der Waals surface area contributed by atoms with Crippen LogP contribution in [-0.2, 0) is 18.3 Å². The van der Waals surface area contributed by atoms with Crippen molar-refractivity contribution < 1.29 is 9.53 Å². The minimum absolute atomic E-state index is 0.323. The van der Waals surface area contributed by atoms with Crippen LogP contribution in [0.3, 0.4) is 0 Å². The molecule has 0 radical (unpaired) electrons. The third-order valence-electron chi connectivity index (χ3n) is 2.79. The van der Waals surface area contributed by atoms with Gasteiger partial charge in [0, 0.05) is 24.6 Å². The standard InChI is InChI=1S/C14H18N4O2/c1-3-20-14(19)12-8-10(4-5-13(12)15)16-9-11-6-7-18(2)17-11/h4-8,16H,3,9,15H2,1-2H3. The number of hydrogen-bond donors (Lipinski definition) is 2. The van der Waals surface area contributed by atoms with Crippen molar-refractivity contribution in [3.8, 4) is 0 Å². The summed E-state index contributed by atoms with van der Waals surface area (Å²) in [4.78, 5) is 11.7. The molecule has 6 nitrogen and oxygen atoms in total. The maximum Gasteiger partial charge on any atom is 0.340 e. The van der Waals surface area contributed by atoms with Gasteiger partial charge in [0.1, 0.15) is 0 Å². The Morgan fingerprint density at radius 3 is 2.90 bits per heavy atom. The average Bonchev–Trinajstić information content (AvgIpc) is 2.84. The zero-order valence-corrected chi connectivity index (χ0v) is 11.6. The number of aryl methyl sites for hydroxylation is 1. The van der Waals surface area contributed by atoms with Crippen LogP contribution in [0.2, 0.25) is 0 Å². The average molecular weight is 274 g/mol. The Bertz CT molecular complexity index is 607. The van der Waals surface area contributed by atoms with E-state index in [-0.39, 0.29) is 0 Å². The van der Waals surface area contributed by atoms with Crippen molar-refractivity contribution in [2.24, 2.45) is 7.05 Å². The van der Waals surface area contributed by atoms with E-state index in [1.165, 1.54) is 0 Å². The van der Waals surface area contributed by atoms with Gasteiger partial charge < -0.3 is 15.8 Å². The molecule has 6 heteroatoms. The lowest BCUT2D eigenvalue weighted by Crippen LogP contribution is -2.09. The monoisotopic (exact) mass is 274 g/mol. The fourth-order valence-corrected chi connectivity index (χ4v) is 1.80. The number of hydrogen-bond acceptors (Lipinski definition) is 5. The zero-order chi connectivity index (χ0) is 14.5. The Morgan fingerprint density at radius 1 is 1.45 bits per heavy atom. The third kappa shape index (κ3) is 3.28. The second-order valence-electron chi connectivity index (χ2n) is 4.36. The molecule has 0 bridgehead atoms. The van der Waals surface area contributed by atoms with Gasteiger partial charge >= 0.3 is 5.97 Å². The van der Waals surface area contributed by atoms with Gasteiger partial charge in [0.2, 0.25) is 0 Å². The van der Waals surface area contributed by atoms with Crippen LogP contribution in [0.25, 0.3) is 0 Å². The van der Waals surface area contributed by atoms with Crippen molar-refractivity contribution in [1.29, 1.82) is 0 Å². The topological polar surface area (TPSA) is 82.2 Å². The molecule has 20 heavy (non-hydrogen) atoms. The van der Waals surface area contributed by atoms with E-state index in [9.17, 15) is 4.79 Å². The quantitative estimate of drug-likeness (QED) is 0.641. The molecule has 0 amide bonds. The molecular formula is C14H18N4O2. The summed E-state index contributed by atoms with van der Waals surface area (Å²) in [6, 6.07) is 7.13. The third-order valence-corrected chi connectivity index (χ3v) is 2.79. The van der Waals surface area contributed by atoms with Crippen LogP contribution in [0, 0.1) is 0 Å². The highest BCUT2D eigenvalue weighted by Crippen LogP contribution is 2.19. The first-order valence-electron chi connectivity index (χ1n) is 6.39. The Hall–Kier alpha value is -2.50. The van der Waals surface area contributed by atoms with Gasteiger partial charge in [-0.05, 0) is 31.2 Å². The molecule has 0 aliphatic heterocycles. The Morgan fingerprint density at radius 2 is 2.25 bits per heavy atom. The zero-order valence-electron chi connectivity index (χ0n) is 11.6. The highest BCUT2D eigenvalue weighted by molar-refractivity contribution is 5.96. The second-order valence-corrected chi connectivity index (χ2v) is 4.36. The summed E-state index contributed by atoms with van der Waals surface area (Å²) in [6.07, 6.45) is 1.88. The van der Waals surface area contributed by atoms with Crippen LogP contribution in [0.15, 0.2) is 30.5 Å². The van der Waals surface area contributed by atoms with Crippen LogP contribution in [0.4, 0.5) is 11.4 Å². The van der Waals surface area contributed by atoms with Gasteiger partial charge in [-0.15, -0.1) is 0 Å². The molecule has 3 N–H and O–H groups in total. The molecule has 2 aromatic rings. The van der Waals surface area contributed by atoms with Crippen molar-refractivity contribution in [3.63, 3.8) is 0 Å². The predicted octanol–water partition coefficient (Wildman–Crippen LogP) is 1.79. The normalized spacial score (nSPS) is 10.3. The molecule has 0 atom stereocenters. The second kappa shape index (κ2) is 6.10. The number of carbonyl (C=O) groups excluding carboxylic acids is 1. The number of ether oxygens (including phenoxy) is 1. The van der Waals surface area contributed by atoms with Gasteiger partial charge in [-0.3, -0.25) is 4.68 Å². The molecular weight excluding hydrogens is 256 g/mol. The molecule has 2 rings (SSSR count). The summed E-state index contributed by atoms with van der Waals surface area (Å²) in [5.41, 5.74) is 8.29. The van der Waals surface area contributed by atoms with Gasteiger partial charge in [-0.25, -0.2) is 4.79 Å². The summed E-state index contributed by atoms with van der Waals surface area (Å²) in [7, 11) is 1.87. The lowest BCUT2D eigenvalue weighted by molar-refractivity contribution is 0.0527. The molecule has 1 heterocycles. The Balaban J connectivity index is 2.08. The maximum atomic E-state index is 11.7. The maximum absolute atomic E-state index is 11.7. The van der Waals surface area contributed by atoms with Gasteiger partial charge in [0.25, 0.3) is 0 Å². The number of benzene rings is 1. The van der Waals surface area contributed by atoms with Crippen molar-refractivity contribution in [2.75, 3.05) is 17.7 Å². The van der Waals surface area contributed by atoms with Gasteiger partial charge in [0.15, 0.2) is 0 Å². The molecule has 0 unspecified atom stereocenters. The number of nitrogens with one attached hydrogen (secondary N) is 1. The van der Waals surface area contributed by atoms with Crippen molar-refractivity contribution in [2.45, 2.75) is 13.5 Å². The summed E-state index contributed by atoms with van der Waals surface area (Å²) in [6.45, 7) is 2.66. The number of carbonyl (C=O) groups is 1. The summed E-state index contributed by atoms with van der Waals surface area (Å²) in [5, 5.41) is 7.47. The molecule has 1 aromatic carbocycles. The fraction of sp³-hybridized carbons (Fsp3) is 0.286. The van der Waals surface area contributed by atoms with E-state index < -0.39 is 5.97 Å². The van der Waals surface area contributed by atoms with Crippen LogP contribution in [0.1, 0.15) is 23.0 Å². The predicted molar refractivity (Wildman–Crippen MR) is 77.3 cm³/mol. The van der Waals surface area contributed by atoms with Gasteiger partial charge in [0.05, 0.1) is 24.4 Å². The highest BCUT2D eigenvalue weighted by Gasteiger charge is 2.11. The Kier molecular flexibility index (Phi) is 4.24. The minimum atomic E-state index is -0.411. The number of nitrogens with two attached hydrogens (primary N) is 1. The molecule has 0 fully saturated rings. The smallest absolute Gasteiger partial charge is 0.340 e. The van der Waals surface area contributed by atoms with Crippen LogP contribution in [-0.4, -0.2) is 22.4 Å². The minimum Gasteiger partial charge on any atom is -0.462 e. The van der Waals surface area contributed by atoms with E-state index in [1.807, 2.05) is 25.4 Å². The SMILES string of the molecule is CCOC(=O)c1cc(NCc2ccn(C)n2)ccc1N. The first kappa shape index (κ1) is 13.9. The molecule has 106 valence electrons. The number of aromatic nitrogens is 2. The fourth-order valence-electron chi connectivity index (χ4n) is 1.80. The van der Waals surface area contributed by atoms with Crippen molar-refractivity contribution in [1.82, 2.24) is 9.78 Å². The number of nitrogens with zero attached hydrogens (tertiary/aromatic N) is 2. The molecule has 0 aliphatic carbocycles. The Labute approximate surface area is 117 Å². The van der Waals surface area contributed by atoms with E-state index >= 15 is 0 Å². The highest BCUT2D eigenvalue weighted by atomic mass is 16.5. The largest absolute Gasteiger partial charge is 0.462 e. The van der Waals surface area contributed by atoms with Crippen LogP contribution < -0.4 is 11.1 Å². The van der Waals surface area contributed by atoms with Crippen molar-refractivity contribution >= 4 is 17.3 Å². The number of rotatable bonds is 5. The van der Waals surface area contributed by atoms with E-state index in [1.54, 1.807) is 23.7 Å². The first-order chi connectivity index (χ1) is 9.60. The number of esters is 1. The van der Waals surface area contributed by atoms with E-state index in [0.717, 1.165) is 11.4 Å². The van der Waals surface area contributed by atoms with E-state index in [0.29, 0.717) is 24.4 Å². The van der Waals surface area contributed by atoms with Crippen LogP contribution >= 0.6 is 0 Å². The van der Waals surface area contributed by atoms with E-state index in [4.69, 9.17) is 10.5 Å². The molecule has 1 aromatic heterocycles. The summed E-state index contributed by atoms with van der Waals surface area (Å²) < 4.78 is 6.71. The summed E-state index contributed by atoms with van der Waals surface area (Å²) in [5.74, 6) is -0.411. The number of nitrogen functional groups attached to an aromatic ring is 1. The first-order valence-corrected chi connectivity index (χ1v) is 6.39. The summed E-state index contributed by atoms with van der Waals surface area (Å²) >= 11 is 0. The molecule has 0 spiro atoms. The molecule has 0 saturated heterocycles.